The predicted molar refractivity (Wildman–Crippen MR) is 92.9 cm³/mol. The Morgan fingerprint density at radius 1 is 1.30 bits per heavy atom. The maximum absolute atomic E-state index is 12.5. The third-order valence-electron chi connectivity index (χ3n) is 4.13. The van der Waals surface area contributed by atoms with Gasteiger partial charge in [-0.2, -0.15) is 0 Å². The van der Waals surface area contributed by atoms with Crippen molar-refractivity contribution in [1.82, 2.24) is 5.32 Å². The molecule has 1 saturated heterocycles. The Kier molecular flexibility index (Phi) is 7.32. The summed E-state index contributed by atoms with van der Waals surface area (Å²) in [6.07, 6.45) is 1.35. The number of hydrogen-bond donors (Lipinski definition) is 2. The number of hydrogen-bond acceptors (Lipinski definition) is 4. The van der Waals surface area contributed by atoms with Crippen LogP contribution in [0.3, 0.4) is 0 Å². The molecule has 0 atom stereocenters. The molecule has 0 unspecified atom stereocenters. The molecule has 1 aliphatic heterocycles. The Bertz CT molecular complexity index is 488. The van der Waals surface area contributed by atoms with E-state index in [-0.39, 0.29) is 18.3 Å². The molecular weight excluding hydrogens is 316 g/mol. The first-order valence-corrected chi connectivity index (χ1v) is 7.78. The van der Waals surface area contributed by atoms with E-state index >= 15 is 0 Å². The fraction of sp³-hybridized carbons (Fsp3) is 0.588. The molecular formula is C17H27ClN2O3. The molecule has 1 aromatic carbocycles. The summed E-state index contributed by atoms with van der Waals surface area (Å²) in [6, 6.07) is 9.61. The zero-order valence-corrected chi connectivity index (χ0v) is 14.7. The first kappa shape index (κ1) is 19.7. The van der Waals surface area contributed by atoms with Crippen molar-refractivity contribution in [3.63, 3.8) is 0 Å². The summed E-state index contributed by atoms with van der Waals surface area (Å²) >= 11 is 0. The van der Waals surface area contributed by atoms with E-state index in [0.29, 0.717) is 39.1 Å². The van der Waals surface area contributed by atoms with Crippen molar-refractivity contribution in [3.05, 3.63) is 30.3 Å². The van der Waals surface area contributed by atoms with E-state index in [1.54, 1.807) is 0 Å². The van der Waals surface area contributed by atoms with Gasteiger partial charge in [0.05, 0.1) is 12.0 Å². The number of amides is 1. The van der Waals surface area contributed by atoms with Crippen molar-refractivity contribution >= 4 is 18.3 Å². The number of para-hydroxylation sites is 1. The van der Waals surface area contributed by atoms with Crippen LogP contribution in [0.4, 0.5) is 0 Å². The highest BCUT2D eigenvalue weighted by atomic mass is 35.5. The molecule has 6 heteroatoms. The smallest absolute Gasteiger partial charge is 0.227 e. The quantitative estimate of drug-likeness (QED) is 0.830. The summed E-state index contributed by atoms with van der Waals surface area (Å²) in [4.78, 5) is 12.5. The molecule has 1 aromatic rings. The van der Waals surface area contributed by atoms with Crippen LogP contribution in [0.5, 0.6) is 5.75 Å². The van der Waals surface area contributed by atoms with Gasteiger partial charge in [0.15, 0.2) is 0 Å². The molecule has 1 fully saturated rings. The lowest BCUT2D eigenvalue weighted by molar-refractivity contribution is -0.136. The molecule has 1 aliphatic rings. The van der Waals surface area contributed by atoms with E-state index in [0.717, 1.165) is 5.75 Å². The van der Waals surface area contributed by atoms with E-state index in [4.69, 9.17) is 15.2 Å². The Morgan fingerprint density at radius 3 is 2.48 bits per heavy atom. The van der Waals surface area contributed by atoms with Crippen LogP contribution in [0.15, 0.2) is 30.3 Å². The molecule has 0 spiro atoms. The molecule has 3 N–H and O–H groups in total. The Morgan fingerprint density at radius 2 is 1.91 bits per heavy atom. The second-order valence-corrected chi connectivity index (χ2v) is 6.45. The topological polar surface area (TPSA) is 73.6 Å². The second-order valence-electron chi connectivity index (χ2n) is 6.45. The lowest BCUT2D eigenvalue weighted by Gasteiger charge is -2.36. The Labute approximate surface area is 144 Å². The zero-order valence-electron chi connectivity index (χ0n) is 13.8. The zero-order chi connectivity index (χ0) is 16.1. The minimum absolute atomic E-state index is 0. The average Bonchev–Trinajstić information content (AvgIpc) is 2.54. The number of benzene rings is 1. The maximum Gasteiger partial charge on any atom is 0.227 e. The molecule has 2 rings (SSSR count). The summed E-state index contributed by atoms with van der Waals surface area (Å²) < 4.78 is 11.3. The van der Waals surface area contributed by atoms with Crippen molar-refractivity contribution in [2.24, 2.45) is 11.1 Å². The second kappa shape index (κ2) is 8.52. The first-order chi connectivity index (χ1) is 10.5. The van der Waals surface area contributed by atoms with Gasteiger partial charge in [-0.25, -0.2) is 0 Å². The van der Waals surface area contributed by atoms with Crippen LogP contribution in [-0.2, 0) is 9.53 Å². The van der Waals surface area contributed by atoms with E-state index in [1.165, 1.54) is 0 Å². The van der Waals surface area contributed by atoms with Crippen LogP contribution in [0.25, 0.3) is 0 Å². The first-order valence-electron chi connectivity index (χ1n) is 7.78. The highest BCUT2D eigenvalue weighted by molar-refractivity contribution is 5.85. The molecule has 1 amide bonds. The van der Waals surface area contributed by atoms with Crippen molar-refractivity contribution in [2.45, 2.75) is 32.3 Å². The van der Waals surface area contributed by atoms with Gasteiger partial charge in [0.2, 0.25) is 5.91 Å². The van der Waals surface area contributed by atoms with Gasteiger partial charge in [-0.3, -0.25) is 4.79 Å². The fourth-order valence-electron chi connectivity index (χ4n) is 2.61. The van der Waals surface area contributed by atoms with Gasteiger partial charge in [-0.1, -0.05) is 18.2 Å². The number of ether oxygens (including phenoxy) is 2. The van der Waals surface area contributed by atoms with Crippen molar-refractivity contribution in [2.75, 3.05) is 26.3 Å². The number of rotatable bonds is 6. The largest absolute Gasteiger partial charge is 0.486 e. The summed E-state index contributed by atoms with van der Waals surface area (Å²) in [5.41, 5.74) is 4.87. The molecule has 0 aliphatic carbocycles. The van der Waals surface area contributed by atoms with E-state index in [1.807, 2.05) is 44.2 Å². The summed E-state index contributed by atoms with van der Waals surface area (Å²) in [5, 5.41) is 3.01. The fourth-order valence-corrected chi connectivity index (χ4v) is 2.61. The third-order valence-corrected chi connectivity index (χ3v) is 4.13. The van der Waals surface area contributed by atoms with Crippen molar-refractivity contribution in [3.8, 4) is 5.75 Å². The van der Waals surface area contributed by atoms with Crippen LogP contribution in [0.1, 0.15) is 26.7 Å². The van der Waals surface area contributed by atoms with Gasteiger partial charge in [0.25, 0.3) is 0 Å². The number of halogens is 1. The van der Waals surface area contributed by atoms with Crippen LogP contribution in [0, 0.1) is 5.41 Å². The maximum atomic E-state index is 12.5. The number of nitrogens with one attached hydrogen (secondary N) is 1. The molecule has 1 heterocycles. The van der Waals surface area contributed by atoms with E-state index < -0.39 is 11.0 Å². The molecule has 130 valence electrons. The summed E-state index contributed by atoms with van der Waals surface area (Å²) in [7, 11) is 0. The highest BCUT2D eigenvalue weighted by Gasteiger charge is 2.39. The van der Waals surface area contributed by atoms with Crippen LogP contribution in [-0.4, -0.2) is 37.8 Å². The van der Waals surface area contributed by atoms with Crippen LogP contribution < -0.4 is 15.8 Å². The summed E-state index contributed by atoms with van der Waals surface area (Å²) in [5.74, 6) is 0.796. The minimum atomic E-state index is -0.499. The van der Waals surface area contributed by atoms with Gasteiger partial charge < -0.3 is 20.5 Å². The standard InChI is InChI=1S/C17H26N2O3.ClH/c1-16(2,22-14-6-4-3-5-7-14)13-19-15(20)17(12-18)8-10-21-11-9-17;/h3-7H,8-13,18H2,1-2H3,(H,19,20);1H. The SMILES string of the molecule is CC(C)(CNC(=O)C1(CN)CCOCC1)Oc1ccccc1.Cl. The van der Waals surface area contributed by atoms with Gasteiger partial charge in [0.1, 0.15) is 11.4 Å². The van der Waals surface area contributed by atoms with Crippen molar-refractivity contribution in [1.29, 1.82) is 0 Å². The highest BCUT2D eigenvalue weighted by Crippen LogP contribution is 2.29. The van der Waals surface area contributed by atoms with Crippen molar-refractivity contribution < 1.29 is 14.3 Å². The third kappa shape index (κ3) is 5.37. The number of carbonyl (C=O) groups excluding carboxylic acids is 1. The predicted octanol–water partition coefficient (Wildman–Crippen LogP) is 2.14. The Hall–Kier alpha value is -1.30. The number of nitrogens with two attached hydrogens (primary N) is 1. The van der Waals surface area contributed by atoms with Gasteiger partial charge in [-0.15, -0.1) is 12.4 Å². The lowest BCUT2D eigenvalue weighted by atomic mass is 9.79. The monoisotopic (exact) mass is 342 g/mol. The van der Waals surface area contributed by atoms with Gasteiger partial charge >= 0.3 is 0 Å². The van der Waals surface area contributed by atoms with Gasteiger partial charge in [-0.05, 0) is 38.8 Å². The normalized spacial score (nSPS) is 17.0. The van der Waals surface area contributed by atoms with Crippen LogP contribution in [0.2, 0.25) is 0 Å². The summed E-state index contributed by atoms with van der Waals surface area (Å²) in [6.45, 7) is 5.88. The van der Waals surface area contributed by atoms with Gasteiger partial charge in [0, 0.05) is 19.8 Å². The number of carbonyl (C=O) groups is 1. The lowest BCUT2D eigenvalue weighted by Crippen LogP contribution is -2.52. The average molecular weight is 343 g/mol. The van der Waals surface area contributed by atoms with E-state index in [9.17, 15) is 4.79 Å². The molecule has 23 heavy (non-hydrogen) atoms. The molecule has 5 nitrogen and oxygen atoms in total. The molecule has 0 saturated carbocycles. The Balaban J connectivity index is 0.00000264. The van der Waals surface area contributed by atoms with E-state index in [2.05, 4.69) is 5.32 Å². The molecule has 0 radical (unpaired) electrons. The molecule has 0 bridgehead atoms. The van der Waals surface area contributed by atoms with Crippen LogP contribution >= 0.6 is 12.4 Å². The molecule has 0 aromatic heterocycles. The minimum Gasteiger partial charge on any atom is -0.486 e.